The second kappa shape index (κ2) is 7.33. The van der Waals surface area contributed by atoms with Crippen molar-refractivity contribution >= 4 is 29.4 Å². The number of carbonyl (C=O) groups is 4. The molecule has 1 fully saturated rings. The van der Waals surface area contributed by atoms with E-state index in [0.717, 1.165) is 4.90 Å². The highest BCUT2D eigenvalue weighted by atomic mass is 16.2. The lowest BCUT2D eigenvalue weighted by molar-refractivity contribution is -0.131. The average Bonchev–Trinajstić information content (AvgIpc) is 2.83. The maximum absolute atomic E-state index is 12.1. The van der Waals surface area contributed by atoms with Crippen LogP contribution in [0.5, 0.6) is 0 Å². The van der Waals surface area contributed by atoms with Gasteiger partial charge in [0.05, 0.1) is 0 Å². The summed E-state index contributed by atoms with van der Waals surface area (Å²) in [6.45, 7) is 3.29. The van der Waals surface area contributed by atoms with Gasteiger partial charge in [0, 0.05) is 25.3 Å². The monoisotopic (exact) mass is 346 g/mol. The first-order chi connectivity index (χ1) is 11.7. The highest BCUT2D eigenvalue weighted by Crippen LogP contribution is 2.15. The maximum Gasteiger partial charge on any atom is 0.325 e. The molecule has 1 aromatic rings. The van der Waals surface area contributed by atoms with Gasteiger partial charge in [-0.05, 0) is 30.2 Å². The molecule has 134 valence electrons. The van der Waals surface area contributed by atoms with Gasteiger partial charge in [0.15, 0.2) is 0 Å². The molecule has 25 heavy (non-hydrogen) atoms. The standard InChI is InChI=1S/C17H22N4O4/c1-10(2)14-16(24)21(17(25)19-14)9-13(22)18-12-7-5-11(6-8-12)15(23)20(3)4/h5-8,10,14H,9H2,1-4H3,(H,18,22)(H,19,25). The molecule has 1 atom stereocenters. The van der Waals surface area contributed by atoms with Gasteiger partial charge in [0.25, 0.3) is 11.8 Å². The number of nitrogens with zero attached hydrogens (tertiary/aromatic N) is 2. The number of hydrogen-bond donors (Lipinski definition) is 2. The molecule has 1 aliphatic rings. The van der Waals surface area contributed by atoms with E-state index in [4.69, 9.17) is 0 Å². The van der Waals surface area contributed by atoms with Crippen LogP contribution in [-0.4, -0.2) is 60.2 Å². The van der Waals surface area contributed by atoms with Crippen molar-refractivity contribution in [1.29, 1.82) is 0 Å². The third-order valence-electron chi connectivity index (χ3n) is 3.85. The Hall–Kier alpha value is -2.90. The van der Waals surface area contributed by atoms with Gasteiger partial charge in [0.1, 0.15) is 12.6 Å². The second-order valence-corrected chi connectivity index (χ2v) is 6.42. The minimum Gasteiger partial charge on any atom is -0.345 e. The van der Waals surface area contributed by atoms with E-state index in [9.17, 15) is 19.2 Å². The van der Waals surface area contributed by atoms with Gasteiger partial charge in [-0.2, -0.15) is 0 Å². The number of carbonyl (C=O) groups excluding carboxylic acids is 4. The molecule has 1 saturated heterocycles. The predicted octanol–water partition coefficient (Wildman–Crippen LogP) is 0.903. The molecule has 1 unspecified atom stereocenters. The zero-order valence-electron chi connectivity index (χ0n) is 14.7. The van der Waals surface area contributed by atoms with Crippen LogP contribution in [0.4, 0.5) is 10.5 Å². The van der Waals surface area contributed by atoms with Crippen molar-refractivity contribution in [2.75, 3.05) is 26.0 Å². The Labute approximate surface area is 146 Å². The van der Waals surface area contributed by atoms with Crippen LogP contribution in [0.25, 0.3) is 0 Å². The molecule has 0 aromatic heterocycles. The van der Waals surface area contributed by atoms with Crippen LogP contribution in [0.15, 0.2) is 24.3 Å². The van der Waals surface area contributed by atoms with Crippen molar-refractivity contribution in [3.63, 3.8) is 0 Å². The smallest absolute Gasteiger partial charge is 0.325 e. The van der Waals surface area contributed by atoms with E-state index >= 15 is 0 Å². The first kappa shape index (κ1) is 18.4. The van der Waals surface area contributed by atoms with Gasteiger partial charge < -0.3 is 15.5 Å². The molecule has 2 N–H and O–H groups in total. The van der Waals surface area contributed by atoms with E-state index in [1.807, 2.05) is 13.8 Å². The summed E-state index contributed by atoms with van der Waals surface area (Å²) >= 11 is 0. The molecular formula is C17H22N4O4. The quantitative estimate of drug-likeness (QED) is 0.774. The fraction of sp³-hybridized carbons (Fsp3) is 0.412. The Balaban J connectivity index is 1.98. The van der Waals surface area contributed by atoms with Crippen LogP contribution >= 0.6 is 0 Å². The number of amides is 5. The van der Waals surface area contributed by atoms with Crippen LogP contribution < -0.4 is 10.6 Å². The fourth-order valence-corrected chi connectivity index (χ4v) is 2.44. The molecule has 1 aliphatic heterocycles. The van der Waals surface area contributed by atoms with E-state index in [2.05, 4.69) is 10.6 Å². The summed E-state index contributed by atoms with van der Waals surface area (Å²) in [6, 6.07) is 5.22. The third-order valence-corrected chi connectivity index (χ3v) is 3.85. The number of benzene rings is 1. The number of hydrogen-bond acceptors (Lipinski definition) is 4. The lowest BCUT2D eigenvalue weighted by atomic mass is 10.1. The SMILES string of the molecule is CC(C)C1NC(=O)N(CC(=O)Nc2ccc(C(=O)N(C)C)cc2)C1=O. The van der Waals surface area contributed by atoms with Crippen molar-refractivity contribution in [2.45, 2.75) is 19.9 Å². The summed E-state index contributed by atoms with van der Waals surface area (Å²) in [5.41, 5.74) is 0.977. The molecule has 2 rings (SSSR count). The summed E-state index contributed by atoms with van der Waals surface area (Å²) in [5.74, 6) is -1.08. The number of urea groups is 1. The van der Waals surface area contributed by atoms with E-state index < -0.39 is 23.9 Å². The number of nitrogens with one attached hydrogen (secondary N) is 2. The van der Waals surface area contributed by atoms with Gasteiger partial charge in [-0.25, -0.2) is 4.79 Å². The highest BCUT2D eigenvalue weighted by Gasteiger charge is 2.40. The Bertz CT molecular complexity index is 697. The van der Waals surface area contributed by atoms with Crippen molar-refractivity contribution in [3.05, 3.63) is 29.8 Å². The number of rotatable bonds is 5. The van der Waals surface area contributed by atoms with Gasteiger partial charge in [-0.1, -0.05) is 13.8 Å². The molecule has 0 saturated carbocycles. The van der Waals surface area contributed by atoms with Crippen molar-refractivity contribution in [2.24, 2.45) is 5.92 Å². The fourth-order valence-electron chi connectivity index (χ4n) is 2.44. The van der Waals surface area contributed by atoms with Crippen molar-refractivity contribution in [3.8, 4) is 0 Å². The largest absolute Gasteiger partial charge is 0.345 e. The Morgan fingerprint density at radius 3 is 2.28 bits per heavy atom. The third kappa shape index (κ3) is 4.14. The first-order valence-corrected chi connectivity index (χ1v) is 7.94. The van der Waals surface area contributed by atoms with Crippen LogP contribution in [0.1, 0.15) is 24.2 Å². The number of imide groups is 1. The van der Waals surface area contributed by atoms with Crippen molar-refractivity contribution < 1.29 is 19.2 Å². The lowest BCUT2D eigenvalue weighted by Gasteiger charge is -2.14. The minimum atomic E-state index is -0.600. The van der Waals surface area contributed by atoms with E-state index in [1.54, 1.807) is 38.4 Å². The molecule has 1 aromatic carbocycles. The molecule has 0 spiro atoms. The summed E-state index contributed by atoms with van der Waals surface area (Å²) < 4.78 is 0. The molecule has 8 heteroatoms. The van der Waals surface area contributed by atoms with Gasteiger partial charge in [-0.3, -0.25) is 19.3 Å². The van der Waals surface area contributed by atoms with Crippen LogP contribution in [0.2, 0.25) is 0 Å². The topological polar surface area (TPSA) is 98.8 Å². The van der Waals surface area contributed by atoms with Gasteiger partial charge >= 0.3 is 6.03 Å². The summed E-state index contributed by atoms with van der Waals surface area (Å²) in [5, 5.41) is 5.18. The van der Waals surface area contributed by atoms with E-state index in [1.165, 1.54) is 4.90 Å². The van der Waals surface area contributed by atoms with E-state index in [-0.39, 0.29) is 18.4 Å². The van der Waals surface area contributed by atoms with Crippen LogP contribution in [0, 0.1) is 5.92 Å². The zero-order valence-corrected chi connectivity index (χ0v) is 14.7. The molecule has 1 heterocycles. The van der Waals surface area contributed by atoms with Crippen LogP contribution in [0.3, 0.4) is 0 Å². The van der Waals surface area contributed by atoms with Gasteiger partial charge in [0.2, 0.25) is 5.91 Å². The molecule has 0 radical (unpaired) electrons. The molecular weight excluding hydrogens is 324 g/mol. The number of anilines is 1. The van der Waals surface area contributed by atoms with Gasteiger partial charge in [-0.15, -0.1) is 0 Å². The summed E-state index contributed by atoms with van der Waals surface area (Å²) in [7, 11) is 3.31. The second-order valence-electron chi connectivity index (χ2n) is 6.42. The Morgan fingerprint density at radius 1 is 1.20 bits per heavy atom. The lowest BCUT2D eigenvalue weighted by Crippen LogP contribution is -2.39. The van der Waals surface area contributed by atoms with Crippen molar-refractivity contribution in [1.82, 2.24) is 15.1 Å². The van der Waals surface area contributed by atoms with Crippen LogP contribution in [-0.2, 0) is 9.59 Å². The highest BCUT2D eigenvalue weighted by molar-refractivity contribution is 6.08. The zero-order chi connectivity index (χ0) is 18.7. The Kier molecular flexibility index (Phi) is 5.41. The molecule has 5 amide bonds. The summed E-state index contributed by atoms with van der Waals surface area (Å²) in [4.78, 5) is 50.3. The minimum absolute atomic E-state index is 0.0497. The molecule has 0 aliphatic carbocycles. The summed E-state index contributed by atoms with van der Waals surface area (Å²) in [6.07, 6.45) is 0. The molecule has 8 nitrogen and oxygen atoms in total. The Morgan fingerprint density at radius 2 is 1.80 bits per heavy atom. The predicted molar refractivity (Wildman–Crippen MR) is 92.0 cm³/mol. The first-order valence-electron chi connectivity index (χ1n) is 7.94. The maximum atomic E-state index is 12.1. The van der Waals surface area contributed by atoms with E-state index in [0.29, 0.717) is 11.3 Å². The normalized spacial score (nSPS) is 16.8. The molecule has 0 bridgehead atoms. The average molecular weight is 346 g/mol.